The lowest BCUT2D eigenvalue weighted by Gasteiger charge is -2.21. The molecule has 0 fully saturated rings. The molecule has 10 nitrogen and oxygen atoms in total. The first-order valence-electron chi connectivity index (χ1n) is 10.3. The number of carbonyl (C=O) groups excluding carboxylic acids is 1. The quantitative estimate of drug-likeness (QED) is 0.460. The van der Waals surface area contributed by atoms with E-state index in [0.717, 1.165) is 22.0 Å². The van der Waals surface area contributed by atoms with Gasteiger partial charge in [-0.05, 0) is 54.8 Å². The number of nitrogens with one attached hydrogen (secondary N) is 1. The van der Waals surface area contributed by atoms with Gasteiger partial charge in [0.1, 0.15) is 6.54 Å². The van der Waals surface area contributed by atoms with Crippen molar-refractivity contribution in [1.29, 1.82) is 0 Å². The highest BCUT2D eigenvalue weighted by Gasteiger charge is 2.17. The Morgan fingerprint density at radius 2 is 2.03 bits per heavy atom. The van der Waals surface area contributed by atoms with Crippen LogP contribution in [-0.4, -0.2) is 60.9 Å². The molecule has 2 heterocycles. The number of aromatic amines is 1. The van der Waals surface area contributed by atoms with Gasteiger partial charge >= 0.3 is 5.97 Å². The van der Waals surface area contributed by atoms with Crippen molar-refractivity contribution in [2.24, 2.45) is 0 Å². The molecule has 0 atom stereocenters. The van der Waals surface area contributed by atoms with Crippen LogP contribution in [-0.2, 0) is 29.2 Å². The molecule has 0 aliphatic heterocycles. The van der Waals surface area contributed by atoms with Crippen molar-refractivity contribution < 1.29 is 14.6 Å². The van der Waals surface area contributed by atoms with E-state index in [1.165, 1.54) is 4.68 Å². The Balaban J connectivity index is 1.85. The second-order valence-electron chi connectivity index (χ2n) is 7.46. The number of carbonyl (C=O) groups is 1. The Bertz CT molecular complexity index is 1110. The number of tetrazole rings is 1. The number of ether oxygens (including phenoxy) is 1. The van der Waals surface area contributed by atoms with Crippen molar-refractivity contribution in [1.82, 2.24) is 30.1 Å². The molecule has 0 bridgehead atoms. The van der Waals surface area contributed by atoms with Crippen LogP contribution in [0.15, 0.2) is 23.0 Å². The lowest BCUT2D eigenvalue weighted by Crippen LogP contribution is -2.30. The van der Waals surface area contributed by atoms with E-state index in [9.17, 15) is 14.7 Å². The molecule has 3 rings (SSSR count). The number of nitrogens with zero attached hydrogens (tertiary/aromatic N) is 5. The number of aromatic nitrogens is 5. The summed E-state index contributed by atoms with van der Waals surface area (Å²) >= 11 is 0. The van der Waals surface area contributed by atoms with Crippen LogP contribution in [0.25, 0.3) is 10.9 Å². The zero-order valence-electron chi connectivity index (χ0n) is 18.1. The average Bonchev–Trinajstić information content (AvgIpc) is 3.16. The highest BCUT2D eigenvalue weighted by atomic mass is 16.5. The number of aliphatic hydroxyl groups is 1. The molecule has 3 aromatic rings. The zero-order valence-corrected chi connectivity index (χ0v) is 18.1. The van der Waals surface area contributed by atoms with E-state index in [2.05, 4.69) is 20.5 Å². The Morgan fingerprint density at radius 1 is 1.26 bits per heavy atom. The fourth-order valence-corrected chi connectivity index (χ4v) is 3.47. The molecule has 31 heavy (non-hydrogen) atoms. The van der Waals surface area contributed by atoms with Gasteiger partial charge in [-0.25, -0.2) is 4.68 Å². The normalized spacial score (nSPS) is 11.4. The monoisotopic (exact) mass is 428 g/mol. The largest absolute Gasteiger partial charge is 0.465 e. The molecule has 2 N–H and O–H groups in total. The van der Waals surface area contributed by atoms with Crippen LogP contribution in [0.1, 0.15) is 35.9 Å². The minimum Gasteiger partial charge on any atom is -0.465 e. The number of rotatable bonds is 10. The summed E-state index contributed by atoms with van der Waals surface area (Å²) in [6.07, 6.45) is 0.531. The summed E-state index contributed by atoms with van der Waals surface area (Å²) in [7, 11) is 0. The van der Waals surface area contributed by atoms with Crippen molar-refractivity contribution in [2.45, 2.75) is 46.8 Å². The van der Waals surface area contributed by atoms with E-state index in [1.54, 1.807) is 6.92 Å². The van der Waals surface area contributed by atoms with E-state index in [1.807, 2.05) is 36.9 Å². The summed E-state index contributed by atoms with van der Waals surface area (Å²) in [5.74, 6) is 0.0602. The van der Waals surface area contributed by atoms with E-state index in [4.69, 9.17) is 4.74 Å². The Morgan fingerprint density at radius 3 is 2.77 bits per heavy atom. The lowest BCUT2D eigenvalue weighted by molar-refractivity contribution is -0.144. The van der Waals surface area contributed by atoms with Gasteiger partial charge in [0.2, 0.25) is 0 Å². The minimum atomic E-state index is -0.422. The predicted octanol–water partition coefficient (Wildman–Crippen LogP) is 1.08. The molecule has 0 spiro atoms. The Hall–Kier alpha value is -3.11. The molecule has 0 unspecified atom stereocenters. The summed E-state index contributed by atoms with van der Waals surface area (Å²) in [5.41, 5.74) is 3.40. The first kappa shape index (κ1) is 22.6. The zero-order chi connectivity index (χ0) is 22.4. The van der Waals surface area contributed by atoms with Gasteiger partial charge in [0, 0.05) is 30.6 Å². The number of hydrogen-bond donors (Lipinski definition) is 2. The number of benzene rings is 1. The lowest BCUT2D eigenvalue weighted by atomic mass is 10.0. The van der Waals surface area contributed by atoms with Gasteiger partial charge < -0.3 is 14.8 Å². The molecule has 10 heteroatoms. The van der Waals surface area contributed by atoms with Crippen LogP contribution < -0.4 is 5.56 Å². The topological polar surface area (TPSA) is 126 Å². The molecule has 2 aromatic heterocycles. The highest BCUT2D eigenvalue weighted by Crippen LogP contribution is 2.20. The molecule has 0 radical (unpaired) electrons. The van der Waals surface area contributed by atoms with Gasteiger partial charge in [0.05, 0.1) is 18.7 Å². The molecule has 0 saturated heterocycles. The number of aryl methyl sites for hydroxylation is 2. The maximum Gasteiger partial charge on any atom is 0.327 e. The number of fused-ring (bicyclic) bond motifs is 1. The van der Waals surface area contributed by atoms with Gasteiger partial charge in [-0.2, -0.15) is 0 Å². The number of esters is 1. The standard InChI is InChI=1S/C21H28N6O4/c1-4-31-19(29)13-27-18(23-24-25-27)12-26(8-5-9-28)11-16-10-17-14(2)6-7-15(3)20(17)22-21(16)30/h6-7,10,28H,4-5,8-9,11-13H2,1-3H3,(H,22,30). The number of aliphatic hydroxyl groups excluding tert-OH is 1. The second kappa shape index (κ2) is 10.3. The molecule has 0 aliphatic carbocycles. The molecule has 0 aliphatic rings. The molecule has 0 saturated carbocycles. The van der Waals surface area contributed by atoms with Gasteiger partial charge in [-0.1, -0.05) is 12.1 Å². The summed E-state index contributed by atoms with van der Waals surface area (Å²) in [6, 6.07) is 5.95. The minimum absolute atomic E-state index is 0.0245. The number of pyridine rings is 1. The summed E-state index contributed by atoms with van der Waals surface area (Å²) in [6.45, 7) is 7.14. The SMILES string of the molecule is CCOC(=O)Cn1nnnc1CN(CCCO)Cc1cc2c(C)ccc(C)c2[nH]c1=O. The van der Waals surface area contributed by atoms with Crippen molar-refractivity contribution in [3.8, 4) is 0 Å². The van der Waals surface area contributed by atoms with Crippen LogP contribution in [0.3, 0.4) is 0 Å². The van der Waals surface area contributed by atoms with Gasteiger partial charge in [0.15, 0.2) is 5.82 Å². The Kier molecular flexibility index (Phi) is 7.48. The first-order chi connectivity index (χ1) is 14.9. The summed E-state index contributed by atoms with van der Waals surface area (Å²) in [5, 5.41) is 21.9. The smallest absolute Gasteiger partial charge is 0.327 e. The number of H-pyrrole nitrogens is 1. The van der Waals surface area contributed by atoms with E-state index in [0.29, 0.717) is 37.4 Å². The van der Waals surface area contributed by atoms with Crippen LogP contribution >= 0.6 is 0 Å². The van der Waals surface area contributed by atoms with Crippen LogP contribution in [0.2, 0.25) is 0 Å². The van der Waals surface area contributed by atoms with Crippen molar-refractivity contribution in [3.05, 3.63) is 51.1 Å². The third kappa shape index (κ3) is 5.53. The van der Waals surface area contributed by atoms with Gasteiger partial charge in [-0.3, -0.25) is 14.5 Å². The van der Waals surface area contributed by atoms with Crippen molar-refractivity contribution in [2.75, 3.05) is 19.8 Å². The maximum atomic E-state index is 12.8. The second-order valence-corrected chi connectivity index (χ2v) is 7.46. The molecular formula is C21H28N6O4. The maximum absolute atomic E-state index is 12.8. The molecule has 166 valence electrons. The van der Waals surface area contributed by atoms with E-state index >= 15 is 0 Å². The molecule has 1 aromatic carbocycles. The van der Waals surface area contributed by atoms with Gasteiger partial charge in [0.25, 0.3) is 5.56 Å². The van der Waals surface area contributed by atoms with Crippen molar-refractivity contribution >= 4 is 16.9 Å². The van der Waals surface area contributed by atoms with E-state index < -0.39 is 5.97 Å². The average molecular weight is 428 g/mol. The van der Waals surface area contributed by atoms with Crippen LogP contribution in [0.4, 0.5) is 0 Å². The van der Waals surface area contributed by atoms with Crippen LogP contribution in [0, 0.1) is 13.8 Å². The fourth-order valence-electron chi connectivity index (χ4n) is 3.47. The fraction of sp³-hybridized carbons (Fsp3) is 0.476. The highest BCUT2D eigenvalue weighted by molar-refractivity contribution is 5.85. The van der Waals surface area contributed by atoms with E-state index in [-0.39, 0.29) is 25.3 Å². The summed E-state index contributed by atoms with van der Waals surface area (Å²) < 4.78 is 6.36. The third-order valence-electron chi connectivity index (χ3n) is 5.10. The number of hydrogen-bond acceptors (Lipinski definition) is 8. The summed E-state index contributed by atoms with van der Waals surface area (Å²) in [4.78, 5) is 29.5. The third-order valence-corrected chi connectivity index (χ3v) is 5.10. The predicted molar refractivity (Wildman–Crippen MR) is 114 cm³/mol. The van der Waals surface area contributed by atoms with Crippen molar-refractivity contribution in [3.63, 3.8) is 0 Å². The first-order valence-corrected chi connectivity index (χ1v) is 10.3. The molecule has 0 amide bonds. The Labute approximate surface area is 179 Å². The van der Waals surface area contributed by atoms with Gasteiger partial charge in [-0.15, -0.1) is 5.10 Å². The molecular weight excluding hydrogens is 400 g/mol. The van der Waals surface area contributed by atoms with Crippen LogP contribution in [0.5, 0.6) is 0 Å².